The van der Waals surface area contributed by atoms with Crippen molar-refractivity contribution < 1.29 is 13.2 Å². The minimum absolute atomic E-state index is 0.0570. The van der Waals surface area contributed by atoms with E-state index in [2.05, 4.69) is 30.8 Å². The van der Waals surface area contributed by atoms with Crippen molar-refractivity contribution in [3.8, 4) is 0 Å². The molecule has 0 spiro atoms. The van der Waals surface area contributed by atoms with Crippen LogP contribution in [0.25, 0.3) is 0 Å². The highest BCUT2D eigenvalue weighted by atomic mass is 35.5. The van der Waals surface area contributed by atoms with E-state index < -0.39 is 10.0 Å². The molecule has 134 valence electrons. The van der Waals surface area contributed by atoms with Crippen molar-refractivity contribution in [2.45, 2.75) is 38.0 Å². The molecule has 0 unspecified atom stereocenters. The van der Waals surface area contributed by atoms with Gasteiger partial charge in [0.1, 0.15) is 0 Å². The van der Waals surface area contributed by atoms with Crippen molar-refractivity contribution in [3.05, 3.63) is 53.1 Å². The molecule has 2 aromatic carbocycles. The summed E-state index contributed by atoms with van der Waals surface area (Å²) in [7, 11) is -3.76. The molecular weight excluding hydrogens is 360 g/mol. The third-order valence-electron chi connectivity index (χ3n) is 3.56. The second-order valence-corrected chi connectivity index (χ2v) is 8.85. The fourth-order valence-electron chi connectivity index (χ4n) is 2.22. The number of hydrogen-bond donors (Lipinski definition) is 2. The molecule has 1 amide bonds. The lowest BCUT2D eigenvalue weighted by Gasteiger charge is -2.19. The molecular formula is C18H21ClN2O3S. The number of amides is 1. The topological polar surface area (TPSA) is 75.3 Å². The summed E-state index contributed by atoms with van der Waals surface area (Å²) < 4.78 is 27.5. The normalized spacial score (nSPS) is 11.9. The van der Waals surface area contributed by atoms with E-state index in [0.29, 0.717) is 5.69 Å². The standard InChI is InChI=1S/C18H21ClN2O3S/c1-12(22)20-14-7-10-17(16(19)11-14)21-25(23,24)15-8-5-13(6-9-15)18(2,3)4/h5-11,21H,1-4H3,(H,20,22). The van der Waals surface area contributed by atoms with Gasteiger partial charge in [0.05, 0.1) is 15.6 Å². The highest BCUT2D eigenvalue weighted by Crippen LogP contribution is 2.29. The number of carbonyl (C=O) groups is 1. The fraction of sp³-hybridized carbons (Fsp3) is 0.278. The molecule has 0 heterocycles. The monoisotopic (exact) mass is 380 g/mol. The minimum atomic E-state index is -3.76. The summed E-state index contributed by atoms with van der Waals surface area (Å²) in [6.07, 6.45) is 0. The van der Waals surface area contributed by atoms with Crippen molar-refractivity contribution in [1.29, 1.82) is 0 Å². The van der Waals surface area contributed by atoms with Gasteiger partial charge in [-0.1, -0.05) is 44.5 Å². The predicted molar refractivity (Wildman–Crippen MR) is 102 cm³/mol. The molecule has 0 aromatic heterocycles. The number of halogens is 1. The van der Waals surface area contributed by atoms with Crippen molar-refractivity contribution >= 4 is 38.9 Å². The van der Waals surface area contributed by atoms with Crippen LogP contribution in [0.3, 0.4) is 0 Å². The van der Waals surface area contributed by atoms with Crippen LogP contribution in [0, 0.1) is 0 Å². The number of sulfonamides is 1. The average Bonchev–Trinajstić information content (AvgIpc) is 2.49. The first-order chi connectivity index (χ1) is 11.5. The third kappa shape index (κ3) is 4.96. The van der Waals surface area contributed by atoms with Gasteiger partial charge in [0, 0.05) is 12.6 Å². The Kier molecular flexibility index (Phi) is 5.44. The van der Waals surface area contributed by atoms with Gasteiger partial charge in [0.25, 0.3) is 10.0 Å². The lowest BCUT2D eigenvalue weighted by molar-refractivity contribution is -0.114. The van der Waals surface area contributed by atoms with Crippen molar-refractivity contribution in [3.63, 3.8) is 0 Å². The molecule has 0 aliphatic rings. The van der Waals surface area contributed by atoms with Gasteiger partial charge < -0.3 is 5.32 Å². The van der Waals surface area contributed by atoms with Crippen LogP contribution in [-0.2, 0) is 20.2 Å². The second-order valence-electron chi connectivity index (χ2n) is 6.76. The fourth-order valence-corrected chi connectivity index (χ4v) is 3.58. The van der Waals surface area contributed by atoms with Crippen LogP contribution in [0.1, 0.15) is 33.3 Å². The van der Waals surface area contributed by atoms with Gasteiger partial charge in [-0.15, -0.1) is 0 Å². The van der Waals surface area contributed by atoms with E-state index in [1.54, 1.807) is 30.3 Å². The molecule has 2 aromatic rings. The zero-order chi connectivity index (χ0) is 18.8. The molecule has 2 rings (SSSR count). The Morgan fingerprint density at radius 2 is 1.64 bits per heavy atom. The maximum atomic E-state index is 12.5. The Morgan fingerprint density at radius 1 is 1.04 bits per heavy atom. The summed E-state index contributed by atoms with van der Waals surface area (Å²) in [6.45, 7) is 7.56. The Balaban J connectivity index is 2.25. The molecule has 0 saturated carbocycles. The molecule has 2 N–H and O–H groups in total. The van der Waals surface area contributed by atoms with Crippen molar-refractivity contribution in [1.82, 2.24) is 0 Å². The number of rotatable bonds is 4. The molecule has 5 nitrogen and oxygen atoms in total. The van der Waals surface area contributed by atoms with Crippen LogP contribution in [0.5, 0.6) is 0 Å². The average molecular weight is 381 g/mol. The van der Waals surface area contributed by atoms with E-state index in [9.17, 15) is 13.2 Å². The number of hydrogen-bond acceptors (Lipinski definition) is 3. The Hall–Kier alpha value is -2.05. The van der Waals surface area contributed by atoms with Crippen LogP contribution in [0.4, 0.5) is 11.4 Å². The largest absolute Gasteiger partial charge is 0.326 e. The number of anilines is 2. The maximum Gasteiger partial charge on any atom is 0.261 e. The molecule has 0 saturated heterocycles. The summed E-state index contributed by atoms with van der Waals surface area (Å²) in [6, 6.07) is 11.3. The van der Waals surface area contributed by atoms with Crippen LogP contribution in [-0.4, -0.2) is 14.3 Å². The molecule has 0 radical (unpaired) electrons. The van der Waals surface area contributed by atoms with Crippen LogP contribution in [0.15, 0.2) is 47.4 Å². The van der Waals surface area contributed by atoms with Crippen LogP contribution in [0.2, 0.25) is 5.02 Å². The van der Waals surface area contributed by atoms with Gasteiger partial charge in [-0.2, -0.15) is 0 Å². The lowest BCUT2D eigenvalue weighted by Crippen LogP contribution is -2.15. The van der Waals surface area contributed by atoms with E-state index in [1.165, 1.54) is 19.1 Å². The van der Waals surface area contributed by atoms with Gasteiger partial charge >= 0.3 is 0 Å². The van der Waals surface area contributed by atoms with Crippen molar-refractivity contribution in [2.24, 2.45) is 0 Å². The SMILES string of the molecule is CC(=O)Nc1ccc(NS(=O)(=O)c2ccc(C(C)(C)C)cc2)c(Cl)c1. The molecule has 0 bridgehead atoms. The Labute approximate surface area is 153 Å². The van der Waals surface area contributed by atoms with E-state index in [-0.39, 0.29) is 26.9 Å². The van der Waals surface area contributed by atoms with Gasteiger partial charge in [-0.25, -0.2) is 8.42 Å². The third-order valence-corrected chi connectivity index (χ3v) is 5.26. The Morgan fingerprint density at radius 3 is 2.12 bits per heavy atom. The van der Waals surface area contributed by atoms with E-state index in [0.717, 1.165) is 5.56 Å². The van der Waals surface area contributed by atoms with Gasteiger partial charge in [-0.05, 0) is 41.3 Å². The predicted octanol–water partition coefficient (Wildman–Crippen LogP) is 4.40. The minimum Gasteiger partial charge on any atom is -0.326 e. The van der Waals surface area contributed by atoms with Gasteiger partial charge in [-0.3, -0.25) is 9.52 Å². The lowest BCUT2D eigenvalue weighted by atomic mass is 9.87. The molecule has 7 heteroatoms. The highest BCUT2D eigenvalue weighted by Gasteiger charge is 2.18. The quantitative estimate of drug-likeness (QED) is 0.825. The first-order valence-corrected chi connectivity index (χ1v) is 9.56. The first-order valence-electron chi connectivity index (χ1n) is 7.69. The molecule has 25 heavy (non-hydrogen) atoms. The first kappa shape index (κ1) is 19.3. The number of benzene rings is 2. The summed E-state index contributed by atoms with van der Waals surface area (Å²) in [5.41, 5.74) is 1.73. The van der Waals surface area contributed by atoms with Crippen LogP contribution >= 0.6 is 11.6 Å². The zero-order valence-electron chi connectivity index (χ0n) is 14.6. The maximum absolute atomic E-state index is 12.5. The van der Waals surface area contributed by atoms with E-state index >= 15 is 0 Å². The molecule has 0 aliphatic heterocycles. The summed E-state index contributed by atoms with van der Waals surface area (Å²) in [4.78, 5) is 11.2. The number of nitrogens with one attached hydrogen (secondary N) is 2. The summed E-state index contributed by atoms with van der Waals surface area (Å²) in [5.74, 6) is -0.233. The van der Waals surface area contributed by atoms with Gasteiger partial charge in [0.2, 0.25) is 5.91 Å². The van der Waals surface area contributed by atoms with Crippen LogP contribution < -0.4 is 10.0 Å². The van der Waals surface area contributed by atoms with E-state index in [1.807, 2.05) is 0 Å². The molecule has 0 fully saturated rings. The van der Waals surface area contributed by atoms with E-state index in [4.69, 9.17) is 11.6 Å². The second kappa shape index (κ2) is 7.06. The van der Waals surface area contributed by atoms with Crippen molar-refractivity contribution in [2.75, 3.05) is 10.0 Å². The van der Waals surface area contributed by atoms with Gasteiger partial charge in [0.15, 0.2) is 0 Å². The molecule has 0 aliphatic carbocycles. The smallest absolute Gasteiger partial charge is 0.261 e. The summed E-state index contributed by atoms with van der Waals surface area (Å²) in [5, 5.41) is 2.78. The Bertz CT molecular complexity index is 886. The highest BCUT2D eigenvalue weighted by molar-refractivity contribution is 7.92. The zero-order valence-corrected chi connectivity index (χ0v) is 16.1. The molecule has 0 atom stereocenters. The number of carbonyl (C=O) groups excluding carboxylic acids is 1. The summed E-state index contributed by atoms with van der Waals surface area (Å²) >= 11 is 6.11.